The molecule has 0 unspecified atom stereocenters. The van der Waals surface area contributed by atoms with Gasteiger partial charge in [-0.25, -0.2) is 0 Å². The second-order valence-electron chi connectivity index (χ2n) is 2.14. The van der Waals surface area contributed by atoms with Gasteiger partial charge >= 0.3 is 0 Å². The van der Waals surface area contributed by atoms with E-state index in [0.29, 0.717) is 0 Å². The topological polar surface area (TPSA) is 15.6 Å². The molecule has 0 atom stereocenters. The van der Waals surface area contributed by atoms with Gasteiger partial charge in [0.2, 0.25) is 0 Å². The van der Waals surface area contributed by atoms with Crippen molar-refractivity contribution in [3.63, 3.8) is 0 Å². The third-order valence-electron chi connectivity index (χ3n) is 1.39. The van der Waals surface area contributed by atoms with Crippen LogP contribution in [0.2, 0.25) is 0 Å². The molecule has 0 aliphatic carbocycles. The van der Waals surface area contributed by atoms with Crippen molar-refractivity contribution < 1.29 is 0 Å². The molecule has 0 aliphatic rings. The Hall–Kier alpha value is -0.100. The molecule has 0 radical (unpaired) electrons. The van der Waals surface area contributed by atoms with Crippen LogP contribution >= 0.6 is 8.07 Å². The van der Waals surface area contributed by atoms with E-state index in [1.807, 2.05) is 14.0 Å². The molecule has 0 rings (SSSR count). The van der Waals surface area contributed by atoms with Gasteiger partial charge in [0.15, 0.2) is 0 Å². The van der Waals surface area contributed by atoms with Gasteiger partial charge in [0.05, 0.1) is 5.84 Å². The number of hydrogen-bond acceptors (Lipinski definition) is 1. The van der Waals surface area contributed by atoms with Gasteiger partial charge in [0, 0.05) is 14.1 Å². The highest BCUT2D eigenvalue weighted by molar-refractivity contribution is 7.54. The van der Waals surface area contributed by atoms with Crippen molar-refractivity contribution in [2.75, 3.05) is 27.4 Å². The maximum atomic E-state index is 4.07. The van der Waals surface area contributed by atoms with Crippen LogP contribution in [0.25, 0.3) is 0 Å². The first kappa shape index (κ1) is 8.90. The van der Waals surface area contributed by atoms with E-state index in [1.54, 1.807) is 0 Å². The molecule has 0 N–H and O–H groups in total. The lowest BCUT2D eigenvalue weighted by molar-refractivity contribution is 0.811. The van der Waals surface area contributed by atoms with E-state index in [2.05, 4.69) is 30.0 Å². The van der Waals surface area contributed by atoms with Crippen LogP contribution in [0.1, 0.15) is 6.92 Å². The Morgan fingerprint density at radius 3 is 2.00 bits per heavy atom. The molecule has 0 spiro atoms. The Bertz CT molecular complexity index is 110. The van der Waals surface area contributed by atoms with E-state index in [1.165, 1.54) is 0 Å². The summed E-state index contributed by atoms with van der Waals surface area (Å²) in [5.74, 6) is 1.12. The number of aliphatic imine (C=N–C) groups is 1. The summed E-state index contributed by atoms with van der Waals surface area (Å²) in [5.41, 5.74) is 0. The molecule has 0 aliphatic heterocycles. The van der Waals surface area contributed by atoms with Gasteiger partial charge in [-0.05, 0) is 28.3 Å². The highest BCUT2D eigenvalue weighted by Crippen LogP contribution is 2.28. The Labute approximate surface area is 58.8 Å². The molecule has 54 valence electrons. The van der Waals surface area contributed by atoms with Crippen LogP contribution in [-0.2, 0) is 0 Å². The maximum absolute atomic E-state index is 4.07. The second kappa shape index (κ2) is 3.84. The molecule has 9 heavy (non-hydrogen) atoms. The Kier molecular flexibility index (Phi) is 3.79. The lowest BCUT2D eigenvalue weighted by Crippen LogP contribution is -2.17. The van der Waals surface area contributed by atoms with Crippen LogP contribution in [0, 0.1) is 0 Å². The van der Waals surface area contributed by atoms with E-state index in [-0.39, 0.29) is 8.07 Å². The van der Waals surface area contributed by atoms with E-state index in [0.717, 1.165) is 5.84 Å². The van der Waals surface area contributed by atoms with Gasteiger partial charge in [-0.3, -0.25) is 4.99 Å². The van der Waals surface area contributed by atoms with Crippen molar-refractivity contribution in [3.8, 4) is 0 Å². The van der Waals surface area contributed by atoms with E-state index in [9.17, 15) is 0 Å². The Morgan fingerprint density at radius 2 is 1.89 bits per heavy atom. The minimum absolute atomic E-state index is 0.00437. The minimum Gasteiger partial charge on any atom is -0.343 e. The highest BCUT2D eigenvalue weighted by atomic mass is 31.1. The second-order valence-corrected chi connectivity index (χ2v) is 4.44. The third kappa shape index (κ3) is 2.81. The van der Waals surface area contributed by atoms with E-state index in [4.69, 9.17) is 0 Å². The zero-order valence-electron chi connectivity index (χ0n) is 6.84. The van der Waals surface area contributed by atoms with E-state index < -0.39 is 0 Å². The average molecular weight is 146 g/mol. The molecule has 0 amide bonds. The molecule has 0 aromatic rings. The maximum Gasteiger partial charge on any atom is 0.0983 e. The summed E-state index contributed by atoms with van der Waals surface area (Å²) < 4.78 is 2.20. The molecule has 0 fully saturated rings. The van der Waals surface area contributed by atoms with Crippen LogP contribution in [-0.4, -0.2) is 37.9 Å². The zero-order valence-corrected chi connectivity index (χ0v) is 7.74. The predicted molar refractivity (Wildman–Crippen MR) is 45.6 cm³/mol. The zero-order chi connectivity index (χ0) is 7.44. The molecular weight excluding hydrogens is 131 g/mol. The number of nitrogens with zero attached hydrogens (tertiary/aromatic N) is 2. The first-order valence-corrected chi connectivity index (χ1v) is 5.12. The van der Waals surface area contributed by atoms with Crippen LogP contribution < -0.4 is 0 Å². The predicted octanol–water partition coefficient (Wildman–Crippen LogP) is 1.62. The standard InChI is InChI=1S/C6H15N2P/c1-6(7-2)8(3)9(4)5/h1-5H3. The fourth-order valence-corrected chi connectivity index (χ4v) is 1.10. The smallest absolute Gasteiger partial charge is 0.0983 e. The molecule has 0 saturated carbocycles. The summed E-state index contributed by atoms with van der Waals surface area (Å²) in [6.07, 6.45) is 0. The summed E-state index contributed by atoms with van der Waals surface area (Å²) in [4.78, 5) is 4.07. The fourth-order valence-electron chi connectivity index (χ4n) is 0.434. The summed E-state index contributed by atoms with van der Waals surface area (Å²) in [6.45, 7) is 6.45. The molecule has 3 heteroatoms. The monoisotopic (exact) mass is 146 g/mol. The summed E-state index contributed by atoms with van der Waals surface area (Å²) in [6, 6.07) is 0. The van der Waals surface area contributed by atoms with Crippen LogP contribution in [0.5, 0.6) is 0 Å². The molecule has 0 heterocycles. The van der Waals surface area contributed by atoms with Gasteiger partial charge in [0.25, 0.3) is 0 Å². The Balaban J connectivity index is 3.88. The van der Waals surface area contributed by atoms with Gasteiger partial charge in [-0.2, -0.15) is 0 Å². The molecule has 0 saturated heterocycles. The molecule has 0 aromatic carbocycles. The molecule has 2 nitrogen and oxygen atoms in total. The van der Waals surface area contributed by atoms with Crippen LogP contribution in [0.4, 0.5) is 0 Å². The average Bonchev–Trinajstić information content (AvgIpc) is 1.84. The first-order valence-electron chi connectivity index (χ1n) is 2.94. The van der Waals surface area contributed by atoms with Crippen molar-refractivity contribution >= 4 is 13.9 Å². The van der Waals surface area contributed by atoms with Crippen molar-refractivity contribution in [3.05, 3.63) is 0 Å². The number of amidine groups is 1. The van der Waals surface area contributed by atoms with Gasteiger partial charge in [0.1, 0.15) is 0 Å². The Morgan fingerprint density at radius 1 is 1.44 bits per heavy atom. The summed E-state index contributed by atoms with van der Waals surface area (Å²) >= 11 is 0. The largest absolute Gasteiger partial charge is 0.343 e. The van der Waals surface area contributed by atoms with Crippen molar-refractivity contribution in [1.29, 1.82) is 0 Å². The van der Waals surface area contributed by atoms with Crippen molar-refractivity contribution in [1.82, 2.24) is 4.67 Å². The van der Waals surface area contributed by atoms with Gasteiger partial charge in [-0.15, -0.1) is 0 Å². The molecular formula is C6H15N2P. The fraction of sp³-hybridized carbons (Fsp3) is 0.833. The molecule has 0 aromatic heterocycles. The van der Waals surface area contributed by atoms with E-state index >= 15 is 0 Å². The van der Waals surface area contributed by atoms with Gasteiger partial charge < -0.3 is 4.67 Å². The number of rotatable bonds is 1. The summed E-state index contributed by atoms with van der Waals surface area (Å²) in [5, 5.41) is 0. The number of hydrogen-bond donors (Lipinski definition) is 0. The van der Waals surface area contributed by atoms with Gasteiger partial charge in [-0.1, -0.05) is 0 Å². The minimum atomic E-state index is -0.00437. The third-order valence-corrected chi connectivity index (χ3v) is 2.88. The SMILES string of the molecule is CN=C(C)N(C)P(C)C. The lowest BCUT2D eigenvalue weighted by Gasteiger charge is -2.22. The molecule has 0 bridgehead atoms. The first-order chi connectivity index (χ1) is 4.09. The van der Waals surface area contributed by atoms with Crippen molar-refractivity contribution in [2.24, 2.45) is 4.99 Å². The van der Waals surface area contributed by atoms with Crippen LogP contribution in [0.15, 0.2) is 4.99 Å². The van der Waals surface area contributed by atoms with Crippen molar-refractivity contribution in [2.45, 2.75) is 6.92 Å². The highest BCUT2D eigenvalue weighted by Gasteiger charge is 2.01. The normalized spacial score (nSPS) is 12.4. The summed E-state index contributed by atoms with van der Waals surface area (Å²) in [7, 11) is 3.90. The quantitative estimate of drug-likeness (QED) is 0.312. The lowest BCUT2D eigenvalue weighted by atomic mass is 10.7. The van der Waals surface area contributed by atoms with Crippen LogP contribution in [0.3, 0.4) is 0 Å².